The van der Waals surface area contributed by atoms with Gasteiger partial charge in [0.15, 0.2) is 0 Å². The molecule has 0 spiro atoms. The van der Waals surface area contributed by atoms with E-state index in [1.807, 2.05) is 30.6 Å². The number of sulfone groups is 1. The molecule has 3 heterocycles. The van der Waals surface area contributed by atoms with E-state index in [0.717, 1.165) is 0 Å². The smallest absolute Gasteiger partial charge is 0.242 e. The number of amides is 2. The Morgan fingerprint density at radius 3 is 2.32 bits per heavy atom. The Morgan fingerprint density at radius 2 is 1.73 bits per heavy atom. The first-order valence-corrected chi connectivity index (χ1v) is 14.2. The maximum absolute atomic E-state index is 13.2. The number of halogens is 1. The van der Waals surface area contributed by atoms with Crippen molar-refractivity contribution in [3.05, 3.63) is 48.4 Å². The number of anilines is 1. The third-order valence-corrected chi connectivity index (χ3v) is 8.78. The molecule has 2 aliphatic heterocycles. The van der Waals surface area contributed by atoms with Crippen LogP contribution in [0.5, 0.6) is 11.5 Å². The van der Waals surface area contributed by atoms with Gasteiger partial charge < -0.3 is 15.0 Å². The molecule has 2 fully saturated rings. The number of hydrogen-bond donors (Lipinski definition) is 1. The lowest BCUT2D eigenvalue weighted by atomic mass is 9.93. The predicted molar refractivity (Wildman–Crippen MR) is 138 cm³/mol. The van der Waals surface area contributed by atoms with Crippen molar-refractivity contribution in [3.63, 3.8) is 0 Å². The number of carbonyl (C=O) groups is 2. The van der Waals surface area contributed by atoms with Crippen molar-refractivity contribution >= 4 is 27.5 Å². The molecule has 2 aromatic rings. The standard InChI is InChI=1S/C26H33FN4O5S/c1-18(24(32)29-23-9-8-22(16-28-23)36-21-6-4-20(27)5-7-21)30-12-13-31(26(2,3)17-30)25(33)19-10-14-37(34,35)15-11-19/h4-9,16,18-19H,10-15,17H2,1-3H3,(H,28,29,32)/t18-/m0/s1. The molecule has 0 saturated carbocycles. The topological polar surface area (TPSA) is 109 Å². The molecule has 200 valence electrons. The quantitative estimate of drug-likeness (QED) is 0.609. The summed E-state index contributed by atoms with van der Waals surface area (Å²) in [5.74, 6) is 0.605. The van der Waals surface area contributed by atoms with Gasteiger partial charge in [0, 0.05) is 25.6 Å². The van der Waals surface area contributed by atoms with Crippen molar-refractivity contribution in [2.24, 2.45) is 5.92 Å². The van der Waals surface area contributed by atoms with Crippen molar-refractivity contribution in [1.82, 2.24) is 14.8 Å². The Balaban J connectivity index is 1.31. The summed E-state index contributed by atoms with van der Waals surface area (Å²) in [4.78, 5) is 34.3. The normalized spacial score (nSPS) is 20.7. The molecule has 4 rings (SSSR count). The lowest BCUT2D eigenvalue weighted by molar-refractivity contribution is -0.146. The van der Waals surface area contributed by atoms with Crippen LogP contribution >= 0.6 is 0 Å². The van der Waals surface area contributed by atoms with Crippen LogP contribution in [0.4, 0.5) is 10.2 Å². The van der Waals surface area contributed by atoms with Crippen LogP contribution in [0.2, 0.25) is 0 Å². The lowest BCUT2D eigenvalue weighted by Gasteiger charge is -2.49. The first-order chi connectivity index (χ1) is 17.4. The summed E-state index contributed by atoms with van der Waals surface area (Å²) < 4.78 is 42.2. The molecule has 2 amide bonds. The Morgan fingerprint density at radius 1 is 1.08 bits per heavy atom. The number of piperazine rings is 1. The molecule has 0 unspecified atom stereocenters. The van der Waals surface area contributed by atoms with E-state index in [2.05, 4.69) is 10.3 Å². The SMILES string of the molecule is C[C@@H](C(=O)Nc1ccc(Oc2ccc(F)cc2)cn1)N1CCN(C(=O)C2CCS(=O)(=O)CC2)C(C)(C)C1. The first kappa shape index (κ1) is 27.0. The number of benzene rings is 1. The largest absolute Gasteiger partial charge is 0.456 e. The second-order valence-electron chi connectivity index (χ2n) is 10.3. The number of hydrogen-bond acceptors (Lipinski definition) is 7. The number of rotatable bonds is 6. The van der Waals surface area contributed by atoms with Crippen LogP contribution in [0.25, 0.3) is 0 Å². The van der Waals surface area contributed by atoms with Crippen LogP contribution in [0.3, 0.4) is 0 Å². The van der Waals surface area contributed by atoms with E-state index in [-0.39, 0.29) is 35.1 Å². The molecule has 37 heavy (non-hydrogen) atoms. The molecule has 0 bridgehead atoms. The number of nitrogens with zero attached hydrogens (tertiary/aromatic N) is 3. The zero-order valence-corrected chi connectivity index (χ0v) is 22.1. The summed E-state index contributed by atoms with van der Waals surface area (Å²) in [7, 11) is -3.03. The van der Waals surface area contributed by atoms with Crippen LogP contribution in [-0.4, -0.2) is 77.7 Å². The zero-order chi connectivity index (χ0) is 26.8. The van der Waals surface area contributed by atoms with Gasteiger partial charge in [0.25, 0.3) is 0 Å². The number of carbonyl (C=O) groups excluding carboxylic acids is 2. The fraction of sp³-hybridized carbons (Fsp3) is 0.500. The van der Waals surface area contributed by atoms with E-state index in [4.69, 9.17) is 4.74 Å². The molecule has 1 aromatic heterocycles. The molecule has 1 atom stereocenters. The molecule has 2 aliphatic rings. The number of ether oxygens (including phenoxy) is 1. The van der Waals surface area contributed by atoms with Crippen molar-refractivity contribution in [1.29, 1.82) is 0 Å². The minimum Gasteiger partial charge on any atom is -0.456 e. The van der Waals surface area contributed by atoms with Gasteiger partial charge in [0.1, 0.15) is 33.0 Å². The average Bonchev–Trinajstić information content (AvgIpc) is 2.85. The van der Waals surface area contributed by atoms with Gasteiger partial charge in [0.2, 0.25) is 11.8 Å². The molecule has 9 nitrogen and oxygen atoms in total. The maximum Gasteiger partial charge on any atom is 0.242 e. The van der Waals surface area contributed by atoms with Gasteiger partial charge in [-0.15, -0.1) is 0 Å². The van der Waals surface area contributed by atoms with Crippen molar-refractivity contribution in [2.45, 2.75) is 45.2 Å². The van der Waals surface area contributed by atoms with Gasteiger partial charge >= 0.3 is 0 Å². The fourth-order valence-electron chi connectivity index (χ4n) is 4.84. The molecule has 2 saturated heterocycles. The Hall–Kier alpha value is -3.05. The highest BCUT2D eigenvalue weighted by atomic mass is 32.2. The number of aromatic nitrogens is 1. The summed E-state index contributed by atoms with van der Waals surface area (Å²) >= 11 is 0. The van der Waals surface area contributed by atoms with E-state index < -0.39 is 21.4 Å². The third kappa shape index (κ3) is 6.64. The molecule has 11 heteroatoms. The molecular weight excluding hydrogens is 499 g/mol. The zero-order valence-electron chi connectivity index (χ0n) is 21.3. The maximum atomic E-state index is 13.2. The Labute approximate surface area is 216 Å². The van der Waals surface area contributed by atoms with Crippen molar-refractivity contribution in [2.75, 3.05) is 36.5 Å². The average molecular weight is 533 g/mol. The van der Waals surface area contributed by atoms with E-state index in [9.17, 15) is 22.4 Å². The minimum atomic E-state index is -3.03. The van der Waals surface area contributed by atoms with Crippen LogP contribution in [-0.2, 0) is 19.4 Å². The molecule has 0 radical (unpaired) electrons. The van der Waals surface area contributed by atoms with E-state index in [1.165, 1.54) is 30.5 Å². The highest BCUT2D eigenvalue weighted by Gasteiger charge is 2.42. The molecular formula is C26H33FN4O5S. The van der Waals surface area contributed by atoms with E-state index >= 15 is 0 Å². The van der Waals surface area contributed by atoms with E-state index in [0.29, 0.717) is 49.8 Å². The van der Waals surface area contributed by atoms with Gasteiger partial charge in [-0.2, -0.15) is 0 Å². The molecule has 1 aromatic carbocycles. The van der Waals surface area contributed by atoms with Gasteiger partial charge in [0.05, 0.1) is 29.3 Å². The minimum absolute atomic E-state index is 0.00352. The second-order valence-corrected chi connectivity index (χ2v) is 12.6. The first-order valence-electron chi connectivity index (χ1n) is 12.4. The summed E-state index contributed by atoms with van der Waals surface area (Å²) in [6.07, 6.45) is 2.22. The monoisotopic (exact) mass is 532 g/mol. The summed E-state index contributed by atoms with van der Waals surface area (Å²) in [5, 5.41) is 2.82. The van der Waals surface area contributed by atoms with Gasteiger partial charge in [-0.05, 0) is 70.0 Å². The van der Waals surface area contributed by atoms with Crippen LogP contribution in [0.15, 0.2) is 42.6 Å². The van der Waals surface area contributed by atoms with Crippen LogP contribution in [0.1, 0.15) is 33.6 Å². The number of pyridine rings is 1. The summed E-state index contributed by atoms with van der Waals surface area (Å²) in [6.45, 7) is 7.29. The number of nitrogens with one attached hydrogen (secondary N) is 1. The Bertz CT molecular complexity index is 1220. The molecule has 1 N–H and O–H groups in total. The van der Waals surface area contributed by atoms with E-state index in [1.54, 1.807) is 12.1 Å². The van der Waals surface area contributed by atoms with Crippen molar-refractivity contribution < 1.29 is 27.1 Å². The highest BCUT2D eigenvalue weighted by Crippen LogP contribution is 2.29. The predicted octanol–water partition coefficient (Wildman–Crippen LogP) is 3.09. The fourth-order valence-corrected chi connectivity index (χ4v) is 6.33. The summed E-state index contributed by atoms with van der Waals surface area (Å²) in [6, 6.07) is 8.49. The third-order valence-electron chi connectivity index (χ3n) is 7.07. The lowest BCUT2D eigenvalue weighted by Crippen LogP contribution is -2.64. The highest BCUT2D eigenvalue weighted by molar-refractivity contribution is 7.91. The second kappa shape index (κ2) is 10.7. The van der Waals surface area contributed by atoms with Crippen LogP contribution < -0.4 is 10.1 Å². The van der Waals surface area contributed by atoms with Gasteiger partial charge in [-0.25, -0.2) is 17.8 Å². The van der Waals surface area contributed by atoms with Crippen molar-refractivity contribution in [3.8, 4) is 11.5 Å². The Kier molecular flexibility index (Phi) is 7.84. The van der Waals surface area contributed by atoms with Gasteiger partial charge in [-0.1, -0.05) is 0 Å². The summed E-state index contributed by atoms with van der Waals surface area (Å²) in [5.41, 5.74) is -0.502. The van der Waals surface area contributed by atoms with Crippen LogP contribution in [0, 0.1) is 11.7 Å². The van der Waals surface area contributed by atoms with Gasteiger partial charge in [-0.3, -0.25) is 14.5 Å². The molecule has 0 aliphatic carbocycles.